The van der Waals surface area contributed by atoms with Gasteiger partial charge in [-0.25, -0.2) is 0 Å². The quantitative estimate of drug-likeness (QED) is 0.789. The zero-order chi connectivity index (χ0) is 12.5. The molecule has 1 fully saturated rings. The summed E-state index contributed by atoms with van der Waals surface area (Å²) < 4.78 is 5.24. The summed E-state index contributed by atoms with van der Waals surface area (Å²) in [5.74, 6) is 0.741. The Kier molecular flexibility index (Phi) is 3.18. The summed E-state index contributed by atoms with van der Waals surface area (Å²) in [4.78, 5) is 0. The highest BCUT2D eigenvalue weighted by Crippen LogP contribution is 2.39. The molecule has 0 aromatic heterocycles. The van der Waals surface area contributed by atoms with Gasteiger partial charge in [-0.15, -0.1) is 0 Å². The maximum absolute atomic E-state index is 5.81. The molecule has 0 spiro atoms. The summed E-state index contributed by atoms with van der Waals surface area (Å²) in [6.07, 6.45) is 3.83. The molecule has 0 aliphatic heterocycles. The van der Waals surface area contributed by atoms with Crippen molar-refractivity contribution in [2.75, 3.05) is 18.2 Å². The summed E-state index contributed by atoms with van der Waals surface area (Å²) in [6.45, 7) is 4.65. The van der Waals surface area contributed by atoms with E-state index in [0.717, 1.165) is 11.4 Å². The fraction of sp³-hybridized carbons (Fsp3) is 0.571. The number of benzene rings is 1. The van der Waals surface area contributed by atoms with Crippen molar-refractivity contribution in [1.29, 1.82) is 0 Å². The van der Waals surface area contributed by atoms with Gasteiger partial charge in [-0.05, 0) is 30.4 Å². The second kappa shape index (κ2) is 4.47. The fourth-order valence-corrected chi connectivity index (χ4v) is 2.60. The second-order valence-electron chi connectivity index (χ2n) is 5.53. The Hall–Kier alpha value is -1.38. The molecular formula is C14H22N2O. The minimum atomic E-state index is 0.370. The van der Waals surface area contributed by atoms with Crippen LogP contribution in [0.3, 0.4) is 0 Å². The van der Waals surface area contributed by atoms with E-state index in [0.29, 0.717) is 17.1 Å². The monoisotopic (exact) mass is 234 g/mol. The lowest BCUT2D eigenvalue weighted by Gasteiger charge is -2.29. The highest BCUT2D eigenvalue weighted by Gasteiger charge is 2.34. The molecule has 94 valence electrons. The molecule has 1 saturated carbocycles. The number of ether oxygens (including phenoxy) is 1. The number of nitrogens with one attached hydrogen (secondary N) is 1. The molecule has 0 bridgehead atoms. The molecule has 2 rings (SSSR count). The van der Waals surface area contributed by atoms with Crippen molar-refractivity contribution < 1.29 is 4.74 Å². The largest absolute Gasteiger partial charge is 0.495 e. The highest BCUT2D eigenvalue weighted by molar-refractivity contribution is 5.61. The first-order chi connectivity index (χ1) is 8.03. The third kappa shape index (κ3) is 2.48. The average molecular weight is 234 g/mol. The van der Waals surface area contributed by atoms with E-state index in [2.05, 4.69) is 19.2 Å². The van der Waals surface area contributed by atoms with Gasteiger partial charge in [0.25, 0.3) is 0 Å². The molecule has 0 radical (unpaired) electrons. The number of rotatable bonds is 3. The van der Waals surface area contributed by atoms with Crippen molar-refractivity contribution in [3.8, 4) is 5.75 Å². The van der Waals surface area contributed by atoms with Gasteiger partial charge in [-0.3, -0.25) is 0 Å². The van der Waals surface area contributed by atoms with E-state index in [9.17, 15) is 0 Å². The average Bonchev–Trinajstić information content (AvgIpc) is 2.61. The second-order valence-corrected chi connectivity index (χ2v) is 5.53. The van der Waals surface area contributed by atoms with Gasteiger partial charge < -0.3 is 15.8 Å². The third-order valence-corrected chi connectivity index (χ3v) is 3.83. The number of nitrogens with two attached hydrogens (primary N) is 1. The SMILES string of the molecule is COc1cc(NC2CCCC2(C)C)ccc1N. The minimum absolute atomic E-state index is 0.370. The molecular weight excluding hydrogens is 212 g/mol. The van der Waals surface area contributed by atoms with E-state index < -0.39 is 0 Å². The molecule has 1 aromatic carbocycles. The number of anilines is 2. The van der Waals surface area contributed by atoms with Gasteiger partial charge >= 0.3 is 0 Å². The Morgan fingerprint density at radius 2 is 2.18 bits per heavy atom. The molecule has 1 aromatic rings. The van der Waals surface area contributed by atoms with E-state index in [1.165, 1.54) is 19.3 Å². The van der Waals surface area contributed by atoms with Gasteiger partial charge in [0, 0.05) is 17.8 Å². The van der Waals surface area contributed by atoms with Crippen molar-refractivity contribution in [1.82, 2.24) is 0 Å². The van der Waals surface area contributed by atoms with Crippen LogP contribution in [0.4, 0.5) is 11.4 Å². The lowest BCUT2D eigenvalue weighted by molar-refractivity contribution is 0.350. The van der Waals surface area contributed by atoms with E-state index in [4.69, 9.17) is 10.5 Å². The summed E-state index contributed by atoms with van der Waals surface area (Å²) >= 11 is 0. The van der Waals surface area contributed by atoms with E-state index in [-0.39, 0.29) is 0 Å². The van der Waals surface area contributed by atoms with Crippen LogP contribution in [-0.4, -0.2) is 13.2 Å². The topological polar surface area (TPSA) is 47.3 Å². The first kappa shape index (κ1) is 12.1. The molecule has 3 N–H and O–H groups in total. The molecule has 1 aliphatic carbocycles. The maximum Gasteiger partial charge on any atom is 0.143 e. The van der Waals surface area contributed by atoms with Gasteiger partial charge in [0.15, 0.2) is 0 Å². The van der Waals surface area contributed by atoms with Crippen LogP contribution in [-0.2, 0) is 0 Å². The molecule has 17 heavy (non-hydrogen) atoms. The van der Waals surface area contributed by atoms with Crippen LogP contribution in [0, 0.1) is 5.41 Å². The number of nitrogen functional groups attached to an aromatic ring is 1. The zero-order valence-electron chi connectivity index (χ0n) is 10.9. The van der Waals surface area contributed by atoms with E-state index in [1.54, 1.807) is 7.11 Å². The van der Waals surface area contributed by atoms with Gasteiger partial charge in [0.2, 0.25) is 0 Å². The molecule has 1 unspecified atom stereocenters. The third-order valence-electron chi connectivity index (χ3n) is 3.83. The molecule has 0 heterocycles. The smallest absolute Gasteiger partial charge is 0.143 e. The van der Waals surface area contributed by atoms with Crippen molar-refractivity contribution in [2.45, 2.75) is 39.2 Å². The Morgan fingerprint density at radius 3 is 2.76 bits per heavy atom. The number of hydrogen-bond donors (Lipinski definition) is 2. The predicted molar refractivity (Wildman–Crippen MR) is 72.4 cm³/mol. The van der Waals surface area contributed by atoms with Crippen LogP contribution in [0.5, 0.6) is 5.75 Å². The molecule has 1 aliphatic rings. The van der Waals surface area contributed by atoms with Crippen LogP contribution in [0.2, 0.25) is 0 Å². The van der Waals surface area contributed by atoms with Crippen LogP contribution >= 0.6 is 0 Å². The Labute approximate surface area is 103 Å². The van der Waals surface area contributed by atoms with Crippen molar-refractivity contribution in [3.05, 3.63) is 18.2 Å². The highest BCUT2D eigenvalue weighted by atomic mass is 16.5. The summed E-state index contributed by atoms with van der Waals surface area (Å²) in [5.41, 5.74) is 7.96. The summed E-state index contributed by atoms with van der Waals surface area (Å²) in [5, 5.41) is 3.60. The van der Waals surface area contributed by atoms with Gasteiger partial charge in [0.05, 0.1) is 12.8 Å². The Balaban J connectivity index is 2.13. The van der Waals surface area contributed by atoms with Crippen LogP contribution in [0.1, 0.15) is 33.1 Å². The summed E-state index contributed by atoms with van der Waals surface area (Å²) in [6, 6.07) is 6.43. The lowest BCUT2D eigenvalue weighted by Crippen LogP contribution is -2.30. The first-order valence-corrected chi connectivity index (χ1v) is 6.23. The molecule has 0 amide bonds. The molecule has 0 saturated heterocycles. The van der Waals surface area contributed by atoms with Gasteiger partial charge in [-0.2, -0.15) is 0 Å². The fourth-order valence-electron chi connectivity index (χ4n) is 2.60. The first-order valence-electron chi connectivity index (χ1n) is 6.23. The van der Waals surface area contributed by atoms with Gasteiger partial charge in [0.1, 0.15) is 5.75 Å². The Morgan fingerprint density at radius 1 is 1.41 bits per heavy atom. The van der Waals surface area contributed by atoms with Crippen LogP contribution in [0.25, 0.3) is 0 Å². The van der Waals surface area contributed by atoms with Crippen molar-refractivity contribution in [2.24, 2.45) is 5.41 Å². The molecule has 3 heteroatoms. The minimum Gasteiger partial charge on any atom is -0.495 e. The van der Waals surface area contributed by atoms with Crippen LogP contribution < -0.4 is 15.8 Å². The Bertz CT molecular complexity index is 401. The molecule has 3 nitrogen and oxygen atoms in total. The van der Waals surface area contributed by atoms with E-state index in [1.807, 2.05) is 18.2 Å². The standard InChI is InChI=1S/C14H22N2O/c1-14(2)8-4-5-13(14)16-10-6-7-11(15)12(9-10)17-3/h6-7,9,13,16H,4-5,8,15H2,1-3H3. The van der Waals surface area contributed by atoms with Crippen molar-refractivity contribution >= 4 is 11.4 Å². The predicted octanol–water partition coefficient (Wildman–Crippen LogP) is 3.27. The lowest BCUT2D eigenvalue weighted by atomic mass is 9.87. The maximum atomic E-state index is 5.81. The zero-order valence-corrected chi connectivity index (χ0v) is 10.9. The number of methoxy groups -OCH3 is 1. The van der Waals surface area contributed by atoms with Crippen molar-refractivity contribution in [3.63, 3.8) is 0 Å². The van der Waals surface area contributed by atoms with E-state index >= 15 is 0 Å². The van der Waals surface area contributed by atoms with Crippen LogP contribution in [0.15, 0.2) is 18.2 Å². The summed E-state index contributed by atoms with van der Waals surface area (Å²) in [7, 11) is 1.65. The normalized spacial score (nSPS) is 22.4. The molecule has 1 atom stereocenters. The van der Waals surface area contributed by atoms with Gasteiger partial charge in [-0.1, -0.05) is 20.3 Å². The number of hydrogen-bond acceptors (Lipinski definition) is 3.